The smallest absolute Gasteiger partial charge is 0.251 e. The maximum Gasteiger partial charge on any atom is 0.251 e. The Balaban J connectivity index is 2.28. The number of amides is 1. The standard InChI is InChI=1S/C13H14ClN3O/c1-13(2,8-14)17-12(18)9-3-4-10-11(7-9)16-6-5-15-10/h3-7H,8H2,1-2H3,(H,17,18). The highest BCUT2D eigenvalue weighted by Gasteiger charge is 2.20. The summed E-state index contributed by atoms with van der Waals surface area (Å²) in [5.74, 6) is 0.194. The van der Waals surface area contributed by atoms with E-state index in [0.717, 1.165) is 5.52 Å². The molecule has 0 saturated carbocycles. The first-order valence-electron chi connectivity index (χ1n) is 5.61. The summed E-state index contributed by atoms with van der Waals surface area (Å²) < 4.78 is 0. The summed E-state index contributed by atoms with van der Waals surface area (Å²) in [6.45, 7) is 3.75. The molecule has 1 N–H and O–H groups in total. The van der Waals surface area contributed by atoms with Gasteiger partial charge in [0.25, 0.3) is 5.91 Å². The van der Waals surface area contributed by atoms with Gasteiger partial charge < -0.3 is 5.32 Å². The summed E-state index contributed by atoms with van der Waals surface area (Å²) in [5.41, 5.74) is 1.59. The van der Waals surface area contributed by atoms with Crippen LogP contribution in [0.2, 0.25) is 0 Å². The average molecular weight is 264 g/mol. The number of nitrogens with one attached hydrogen (secondary N) is 1. The lowest BCUT2D eigenvalue weighted by atomic mass is 10.1. The molecular formula is C13H14ClN3O. The summed E-state index contributed by atoms with van der Waals surface area (Å²) in [6.07, 6.45) is 3.23. The highest BCUT2D eigenvalue weighted by Crippen LogP contribution is 2.12. The quantitative estimate of drug-likeness (QED) is 0.865. The number of hydrogen-bond donors (Lipinski definition) is 1. The molecule has 0 bridgehead atoms. The minimum atomic E-state index is -0.435. The van der Waals surface area contributed by atoms with E-state index in [0.29, 0.717) is 17.0 Å². The topological polar surface area (TPSA) is 54.9 Å². The van der Waals surface area contributed by atoms with Crippen molar-refractivity contribution < 1.29 is 4.79 Å². The van der Waals surface area contributed by atoms with Crippen molar-refractivity contribution in [1.29, 1.82) is 0 Å². The normalized spacial score (nSPS) is 11.5. The number of benzene rings is 1. The second-order valence-electron chi connectivity index (χ2n) is 4.73. The van der Waals surface area contributed by atoms with E-state index in [4.69, 9.17) is 11.6 Å². The third-order valence-corrected chi connectivity index (χ3v) is 3.19. The molecule has 0 aliphatic rings. The molecule has 2 rings (SSSR count). The Labute approximate surface area is 110 Å². The highest BCUT2D eigenvalue weighted by molar-refractivity contribution is 6.18. The van der Waals surface area contributed by atoms with E-state index in [1.807, 2.05) is 13.8 Å². The van der Waals surface area contributed by atoms with Crippen LogP contribution in [-0.2, 0) is 0 Å². The number of hydrogen-bond acceptors (Lipinski definition) is 3. The highest BCUT2D eigenvalue weighted by atomic mass is 35.5. The molecule has 0 saturated heterocycles. The van der Waals surface area contributed by atoms with Gasteiger partial charge in [-0.3, -0.25) is 14.8 Å². The van der Waals surface area contributed by atoms with Gasteiger partial charge in [-0.15, -0.1) is 11.6 Å². The van der Waals surface area contributed by atoms with Crippen LogP contribution in [0, 0.1) is 0 Å². The average Bonchev–Trinajstić information content (AvgIpc) is 2.37. The lowest BCUT2D eigenvalue weighted by molar-refractivity contribution is 0.0920. The van der Waals surface area contributed by atoms with E-state index in [-0.39, 0.29) is 5.91 Å². The van der Waals surface area contributed by atoms with Crippen LogP contribution in [0.15, 0.2) is 30.6 Å². The largest absolute Gasteiger partial charge is 0.346 e. The number of rotatable bonds is 3. The molecule has 0 atom stereocenters. The molecule has 0 spiro atoms. The van der Waals surface area contributed by atoms with Gasteiger partial charge in [-0.2, -0.15) is 0 Å². The molecule has 0 aliphatic heterocycles. The van der Waals surface area contributed by atoms with Crippen molar-refractivity contribution in [1.82, 2.24) is 15.3 Å². The molecule has 18 heavy (non-hydrogen) atoms. The molecule has 0 aliphatic carbocycles. The van der Waals surface area contributed by atoms with Crippen molar-refractivity contribution in [3.63, 3.8) is 0 Å². The number of halogens is 1. The Kier molecular flexibility index (Phi) is 3.48. The lowest BCUT2D eigenvalue weighted by Gasteiger charge is -2.23. The van der Waals surface area contributed by atoms with Crippen LogP contribution in [0.25, 0.3) is 11.0 Å². The molecule has 0 unspecified atom stereocenters. The molecule has 94 valence electrons. The first-order chi connectivity index (χ1) is 8.52. The van der Waals surface area contributed by atoms with Crippen molar-refractivity contribution in [3.8, 4) is 0 Å². The summed E-state index contributed by atoms with van der Waals surface area (Å²) >= 11 is 5.78. The van der Waals surface area contributed by atoms with Crippen molar-refractivity contribution in [2.45, 2.75) is 19.4 Å². The monoisotopic (exact) mass is 263 g/mol. The molecule has 1 aromatic heterocycles. The summed E-state index contributed by atoms with van der Waals surface area (Å²) in [6, 6.07) is 5.24. The van der Waals surface area contributed by atoms with Gasteiger partial charge in [0.15, 0.2) is 0 Å². The maximum absolute atomic E-state index is 12.0. The van der Waals surface area contributed by atoms with Crippen LogP contribution in [0.1, 0.15) is 24.2 Å². The molecule has 0 fully saturated rings. The first-order valence-corrected chi connectivity index (χ1v) is 6.14. The Hall–Kier alpha value is -1.68. The summed E-state index contributed by atoms with van der Waals surface area (Å²) in [5, 5.41) is 2.87. The van der Waals surface area contributed by atoms with Crippen LogP contribution in [0.4, 0.5) is 0 Å². The second kappa shape index (κ2) is 4.90. The molecule has 1 aromatic carbocycles. The number of fused-ring (bicyclic) bond motifs is 1. The van der Waals surface area contributed by atoms with E-state index in [1.54, 1.807) is 30.6 Å². The Morgan fingerprint density at radius 2 is 1.94 bits per heavy atom. The molecule has 1 amide bonds. The fraction of sp³-hybridized carbons (Fsp3) is 0.308. The van der Waals surface area contributed by atoms with Crippen LogP contribution >= 0.6 is 11.6 Å². The predicted molar refractivity (Wildman–Crippen MR) is 71.8 cm³/mol. The molecule has 5 heteroatoms. The van der Waals surface area contributed by atoms with E-state index < -0.39 is 5.54 Å². The van der Waals surface area contributed by atoms with E-state index in [9.17, 15) is 4.79 Å². The Morgan fingerprint density at radius 1 is 1.28 bits per heavy atom. The number of carbonyl (C=O) groups excluding carboxylic acids is 1. The Bertz CT molecular complexity index is 583. The minimum absolute atomic E-state index is 0.159. The number of nitrogens with zero attached hydrogens (tertiary/aromatic N) is 2. The van der Waals surface area contributed by atoms with E-state index >= 15 is 0 Å². The lowest BCUT2D eigenvalue weighted by Crippen LogP contribution is -2.44. The van der Waals surface area contributed by atoms with Crippen LogP contribution < -0.4 is 5.32 Å². The maximum atomic E-state index is 12.0. The predicted octanol–water partition coefficient (Wildman–Crippen LogP) is 2.38. The summed E-state index contributed by atoms with van der Waals surface area (Å²) in [7, 11) is 0. The van der Waals surface area contributed by atoms with Gasteiger partial charge in [0, 0.05) is 29.4 Å². The SMILES string of the molecule is CC(C)(CCl)NC(=O)c1ccc2nccnc2c1. The van der Waals surface area contributed by atoms with Crippen molar-refractivity contribution >= 4 is 28.5 Å². The zero-order valence-electron chi connectivity index (χ0n) is 10.3. The van der Waals surface area contributed by atoms with Gasteiger partial charge in [-0.25, -0.2) is 0 Å². The van der Waals surface area contributed by atoms with Crippen LogP contribution in [0.3, 0.4) is 0 Å². The van der Waals surface area contributed by atoms with Gasteiger partial charge in [0.2, 0.25) is 0 Å². The van der Waals surface area contributed by atoms with Gasteiger partial charge in [0.1, 0.15) is 0 Å². The van der Waals surface area contributed by atoms with Crippen molar-refractivity contribution in [2.75, 3.05) is 5.88 Å². The van der Waals surface area contributed by atoms with E-state index in [1.165, 1.54) is 0 Å². The van der Waals surface area contributed by atoms with Gasteiger partial charge in [0.05, 0.1) is 11.0 Å². The Morgan fingerprint density at radius 3 is 2.61 bits per heavy atom. The van der Waals surface area contributed by atoms with Crippen LogP contribution in [0.5, 0.6) is 0 Å². The molecule has 1 heterocycles. The fourth-order valence-corrected chi connectivity index (χ4v) is 1.58. The zero-order valence-corrected chi connectivity index (χ0v) is 11.0. The molecular weight excluding hydrogens is 250 g/mol. The second-order valence-corrected chi connectivity index (χ2v) is 5.00. The van der Waals surface area contributed by atoms with E-state index in [2.05, 4.69) is 15.3 Å². The molecule has 4 nitrogen and oxygen atoms in total. The molecule has 2 aromatic rings. The van der Waals surface area contributed by atoms with Crippen molar-refractivity contribution in [2.24, 2.45) is 0 Å². The van der Waals surface area contributed by atoms with Crippen LogP contribution in [-0.4, -0.2) is 27.3 Å². The van der Waals surface area contributed by atoms with Gasteiger partial charge in [-0.05, 0) is 32.0 Å². The van der Waals surface area contributed by atoms with Gasteiger partial charge in [-0.1, -0.05) is 0 Å². The summed E-state index contributed by atoms with van der Waals surface area (Å²) in [4.78, 5) is 20.4. The number of aromatic nitrogens is 2. The van der Waals surface area contributed by atoms with Gasteiger partial charge >= 0.3 is 0 Å². The van der Waals surface area contributed by atoms with Crippen molar-refractivity contribution in [3.05, 3.63) is 36.2 Å². The number of carbonyl (C=O) groups is 1. The first kappa shape index (κ1) is 12.8. The minimum Gasteiger partial charge on any atom is -0.346 e. The fourth-order valence-electron chi connectivity index (χ4n) is 1.52. The number of alkyl halides is 1. The zero-order chi connectivity index (χ0) is 13.2. The third-order valence-electron chi connectivity index (χ3n) is 2.52. The third kappa shape index (κ3) is 2.76. The molecule has 0 radical (unpaired) electrons.